The molecule has 1 aliphatic rings. The zero-order valence-corrected chi connectivity index (χ0v) is 14.4. The van der Waals surface area contributed by atoms with Crippen LogP contribution in [0.15, 0.2) is 41.2 Å². The third-order valence-electron chi connectivity index (χ3n) is 4.58. The van der Waals surface area contributed by atoms with Crippen molar-refractivity contribution in [3.05, 3.63) is 48.1 Å². The molecule has 1 saturated carbocycles. The molecule has 3 N–H and O–H groups in total. The predicted octanol–water partition coefficient (Wildman–Crippen LogP) is 1.98. The maximum atomic E-state index is 9.51. The lowest BCUT2D eigenvalue weighted by Crippen LogP contribution is -2.28. The van der Waals surface area contributed by atoms with Gasteiger partial charge in [-0.2, -0.15) is 4.98 Å². The van der Waals surface area contributed by atoms with Crippen molar-refractivity contribution in [2.45, 2.75) is 31.4 Å². The molecule has 8 heteroatoms. The summed E-state index contributed by atoms with van der Waals surface area (Å²) in [6, 6.07) is 7.60. The van der Waals surface area contributed by atoms with Crippen molar-refractivity contribution in [1.29, 1.82) is 0 Å². The highest BCUT2D eigenvalue weighted by molar-refractivity contribution is 5.57. The average molecular weight is 352 g/mol. The van der Waals surface area contributed by atoms with Crippen LogP contribution >= 0.6 is 0 Å². The van der Waals surface area contributed by atoms with Crippen LogP contribution in [-0.2, 0) is 6.54 Å². The Morgan fingerprint density at radius 1 is 1.31 bits per heavy atom. The van der Waals surface area contributed by atoms with Crippen LogP contribution in [0.3, 0.4) is 0 Å². The number of nitrogens with zero attached hydrogens (tertiary/aromatic N) is 5. The van der Waals surface area contributed by atoms with Gasteiger partial charge in [0.15, 0.2) is 5.76 Å². The SMILES string of the molecule is CN(Cc1cc(-c2cccnc2)no1)c1cc(C2CC(O)C2)nc(N)n1. The van der Waals surface area contributed by atoms with E-state index in [4.69, 9.17) is 10.3 Å². The summed E-state index contributed by atoms with van der Waals surface area (Å²) in [4.78, 5) is 14.6. The number of pyridine rings is 1. The van der Waals surface area contributed by atoms with E-state index in [-0.39, 0.29) is 18.0 Å². The second-order valence-corrected chi connectivity index (χ2v) is 6.61. The Morgan fingerprint density at radius 2 is 2.15 bits per heavy atom. The topological polar surface area (TPSA) is 114 Å². The van der Waals surface area contributed by atoms with Crippen molar-refractivity contribution >= 4 is 11.8 Å². The van der Waals surface area contributed by atoms with Gasteiger partial charge in [0.05, 0.1) is 18.3 Å². The number of hydrogen-bond acceptors (Lipinski definition) is 8. The van der Waals surface area contributed by atoms with Crippen LogP contribution in [0.2, 0.25) is 0 Å². The molecule has 0 atom stereocenters. The summed E-state index contributed by atoms with van der Waals surface area (Å²) in [7, 11) is 1.91. The van der Waals surface area contributed by atoms with Gasteiger partial charge in [0, 0.05) is 43.1 Å². The molecule has 0 amide bonds. The van der Waals surface area contributed by atoms with Crippen molar-refractivity contribution in [2.24, 2.45) is 0 Å². The standard InChI is InChI=1S/C18H20N6O2/c1-24(10-14-7-16(23-26-14)11-3-2-4-20-9-11)17-8-15(21-18(19)22-17)12-5-13(25)6-12/h2-4,7-9,12-13,25H,5-6,10H2,1H3,(H2,19,21,22). The Bertz CT molecular complexity index is 892. The van der Waals surface area contributed by atoms with Gasteiger partial charge in [-0.15, -0.1) is 0 Å². The molecular weight excluding hydrogens is 332 g/mol. The summed E-state index contributed by atoms with van der Waals surface area (Å²) in [6.45, 7) is 0.496. The zero-order chi connectivity index (χ0) is 18.1. The van der Waals surface area contributed by atoms with E-state index in [1.807, 2.05) is 36.2 Å². The molecule has 0 aliphatic heterocycles. The van der Waals surface area contributed by atoms with Crippen molar-refractivity contribution in [2.75, 3.05) is 17.7 Å². The smallest absolute Gasteiger partial charge is 0.222 e. The van der Waals surface area contributed by atoms with Gasteiger partial charge >= 0.3 is 0 Å². The van der Waals surface area contributed by atoms with E-state index in [0.717, 1.165) is 29.8 Å². The fourth-order valence-corrected chi connectivity index (χ4v) is 3.06. The molecule has 26 heavy (non-hydrogen) atoms. The first kappa shape index (κ1) is 16.5. The number of aliphatic hydroxyl groups is 1. The van der Waals surface area contributed by atoms with Crippen LogP contribution in [-0.4, -0.2) is 38.4 Å². The summed E-state index contributed by atoms with van der Waals surface area (Å²) < 4.78 is 5.44. The van der Waals surface area contributed by atoms with Gasteiger partial charge in [0.25, 0.3) is 0 Å². The fraction of sp³-hybridized carbons (Fsp3) is 0.333. The third kappa shape index (κ3) is 3.36. The summed E-state index contributed by atoms with van der Waals surface area (Å²) >= 11 is 0. The Morgan fingerprint density at radius 3 is 2.88 bits per heavy atom. The summed E-state index contributed by atoms with van der Waals surface area (Å²) in [5.74, 6) is 1.90. The van der Waals surface area contributed by atoms with Crippen molar-refractivity contribution in [3.8, 4) is 11.3 Å². The predicted molar refractivity (Wildman–Crippen MR) is 96.3 cm³/mol. The molecule has 0 radical (unpaired) electrons. The van der Waals surface area contributed by atoms with Crippen LogP contribution < -0.4 is 10.6 Å². The first-order chi connectivity index (χ1) is 12.6. The highest BCUT2D eigenvalue weighted by atomic mass is 16.5. The van der Waals surface area contributed by atoms with Crippen LogP contribution in [0.5, 0.6) is 0 Å². The number of aliphatic hydroxyl groups excluding tert-OH is 1. The number of anilines is 2. The van der Waals surface area contributed by atoms with Gasteiger partial charge in [-0.05, 0) is 25.0 Å². The summed E-state index contributed by atoms with van der Waals surface area (Å²) in [5, 5.41) is 13.6. The van der Waals surface area contributed by atoms with Crippen LogP contribution in [0, 0.1) is 0 Å². The minimum atomic E-state index is -0.238. The van der Waals surface area contributed by atoms with Crippen molar-refractivity contribution in [1.82, 2.24) is 20.1 Å². The Kier molecular flexibility index (Phi) is 4.26. The van der Waals surface area contributed by atoms with Gasteiger partial charge in [-0.3, -0.25) is 4.98 Å². The van der Waals surface area contributed by atoms with E-state index < -0.39 is 0 Å². The molecule has 4 rings (SSSR count). The highest BCUT2D eigenvalue weighted by Crippen LogP contribution is 2.37. The average Bonchev–Trinajstić information content (AvgIpc) is 3.07. The van der Waals surface area contributed by atoms with E-state index in [1.165, 1.54) is 0 Å². The number of aromatic nitrogens is 4. The molecular formula is C18H20N6O2. The van der Waals surface area contributed by atoms with Crippen molar-refractivity contribution < 1.29 is 9.63 Å². The first-order valence-electron chi connectivity index (χ1n) is 8.48. The Labute approximate surface area is 150 Å². The molecule has 3 heterocycles. The third-order valence-corrected chi connectivity index (χ3v) is 4.58. The molecule has 0 aromatic carbocycles. The molecule has 3 aromatic rings. The molecule has 134 valence electrons. The quantitative estimate of drug-likeness (QED) is 0.716. The Balaban J connectivity index is 1.50. The molecule has 8 nitrogen and oxygen atoms in total. The zero-order valence-electron chi connectivity index (χ0n) is 14.4. The van der Waals surface area contributed by atoms with Gasteiger partial charge in [0.2, 0.25) is 5.95 Å². The Hall–Kier alpha value is -3.00. The van der Waals surface area contributed by atoms with E-state index in [1.54, 1.807) is 12.4 Å². The van der Waals surface area contributed by atoms with Gasteiger partial charge in [-0.1, -0.05) is 5.16 Å². The van der Waals surface area contributed by atoms with E-state index in [0.29, 0.717) is 18.1 Å². The molecule has 0 unspecified atom stereocenters. The number of hydrogen-bond donors (Lipinski definition) is 2. The minimum absolute atomic E-state index is 0.236. The van der Waals surface area contributed by atoms with Crippen molar-refractivity contribution in [3.63, 3.8) is 0 Å². The molecule has 0 bridgehead atoms. The summed E-state index contributed by atoms with van der Waals surface area (Å²) in [6.07, 6.45) is 4.66. The molecule has 0 spiro atoms. The van der Waals surface area contributed by atoms with Gasteiger partial charge in [0.1, 0.15) is 11.5 Å². The largest absolute Gasteiger partial charge is 0.393 e. The van der Waals surface area contributed by atoms with E-state index >= 15 is 0 Å². The van der Waals surface area contributed by atoms with Crippen LogP contribution in [0.1, 0.15) is 30.2 Å². The van der Waals surface area contributed by atoms with Crippen LogP contribution in [0.25, 0.3) is 11.3 Å². The van der Waals surface area contributed by atoms with E-state index in [2.05, 4.69) is 20.1 Å². The molecule has 1 aliphatic carbocycles. The number of rotatable bonds is 5. The minimum Gasteiger partial charge on any atom is -0.393 e. The lowest BCUT2D eigenvalue weighted by atomic mass is 9.80. The monoisotopic (exact) mass is 352 g/mol. The second-order valence-electron chi connectivity index (χ2n) is 6.61. The lowest BCUT2D eigenvalue weighted by Gasteiger charge is -2.31. The van der Waals surface area contributed by atoms with Gasteiger partial charge < -0.3 is 20.3 Å². The molecule has 0 saturated heterocycles. The van der Waals surface area contributed by atoms with E-state index in [9.17, 15) is 5.11 Å². The van der Waals surface area contributed by atoms with Gasteiger partial charge in [-0.25, -0.2) is 4.98 Å². The fourth-order valence-electron chi connectivity index (χ4n) is 3.06. The number of nitrogen functional groups attached to an aromatic ring is 1. The lowest BCUT2D eigenvalue weighted by molar-refractivity contribution is 0.0732. The normalized spacial score (nSPS) is 19.2. The maximum absolute atomic E-state index is 9.51. The molecule has 3 aromatic heterocycles. The maximum Gasteiger partial charge on any atom is 0.222 e. The number of nitrogens with two attached hydrogens (primary N) is 1. The molecule has 1 fully saturated rings. The van der Waals surface area contributed by atoms with Crippen LogP contribution in [0.4, 0.5) is 11.8 Å². The first-order valence-corrected chi connectivity index (χ1v) is 8.48. The summed E-state index contributed by atoms with van der Waals surface area (Å²) in [5.41, 5.74) is 8.39. The second kappa shape index (κ2) is 6.72. The highest BCUT2D eigenvalue weighted by Gasteiger charge is 2.30.